The van der Waals surface area contributed by atoms with Gasteiger partial charge in [-0.2, -0.15) is 0 Å². The van der Waals surface area contributed by atoms with Crippen molar-refractivity contribution < 1.29 is 13.9 Å². The molecule has 1 aliphatic heterocycles. The van der Waals surface area contributed by atoms with Crippen molar-refractivity contribution in [1.82, 2.24) is 9.79 Å². The summed E-state index contributed by atoms with van der Waals surface area (Å²) in [5.74, 6) is 0.738. The smallest absolute Gasteiger partial charge is 0.213 e. The zero-order valence-corrected chi connectivity index (χ0v) is 16.6. The molecule has 0 atom stereocenters. The van der Waals surface area contributed by atoms with Gasteiger partial charge in [0, 0.05) is 34.7 Å². The second-order valence-electron chi connectivity index (χ2n) is 8.16. The van der Waals surface area contributed by atoms with Crippen molar-refractivity contribution >= 4 is 13.8 Å². The van der Waals surface area contributed by atoms with E-state index in [0.29, 0.717) is 22.9 Å². The van der Waals surface area contributed by atoms with Crippen LogP contribution in [0.15, 0.2) is 30.3 Å². The zero-order chi connectivity index (χ0) is 19.7. The molecular weight excluding hydrogens is 354 g/mol. The lowest BCUT2D eigenvalue weighted by Gasteiger charge is -2.29. The van der Waals surface area contributed by atoms with Gasteiger partial charge >= 0.3 is 0 Å². The van der Waals surface area contributed by atoms with E-state index in [1.54, 1.807) is 6.07 Å². The van der Waals surface area contributed by atoms with E-state index in [1.807, 2.05) is 25.1 Å². The molecule has 2 aromatic rings. The number of carbonyl (C=O) groups excluding carboxylic acids is 1. The number of halogens is 1. The van der Waals surface area contributed by atoms with Crippen LogP contribution in [0, 0.1) is 18.7 Å². The fourth-order valence-corrected chi connectivity index (χ4v) is 3.88. The lowest BCUT2D eigenvalue weighted by atomic mass is 9.92. The summed E-state index contributed by atoms with van der Waals surface area (Å²) in [6, 6.07) is 8.91. The van der Waals surface area contributed by atoms with Crippen molar-refractivity contribution in [1.29, 1.82) is 0 Å². The molecule has 0 amide bonds. The number of rotatable bonds is 6. The van der Waals surface area contributed by atoms with E-state index >= 15 is 0 Å². The van der Waals surface area contributed by atoms with Crippen molar-refractivity contribution in [2.45, 2.75) is 45.1 Å². The highest BCUT2D eigenvalue weighted by atomic mass is 19.1. The molecule has 2 heterocycles. The Hall–Kier alpha value is -2.21. The predicted molar refractivity (Wildman–Crippen MR) is 109 cm³/mol. The van der Waals surface area contributed by atoms with Crippen LogP contribution in [-0.4, -0.2) is 36.6 Å². The van der Waals surface area contributed by atoms with Crippen molar-refractivity contribution in [3.63, 3.8) is 0 Å². The maximum absolute atomic E-state index is 14.5. The molecule has 1 aliphatic carbocycles. The number of hydrogen-bond donors (Lipinski definition) is 0. The number of aryl methyl sites for hydroxylation is 1. The normalized spacial score (nSPS) is 18.2. The van der Waals surface area contributed by atoms with Gasteiger partial charge in [-0.25, -0.2) is 9.37 Å². The van der Waals surface area contributed by atoms with Crippen LogP contribution in [0.3, 0.4) is 0 Å². The minimum atomic E-state index is -0.388. The molecule has 1 aromatic carbocycles. The number of nitrogens with zero attached hydrogens (tertiary/aromatic N) is 2. The number of piperidine rings is 1. The van der Waals surface area contributed by atoms with Gasteiger partial charge < -0.3 is 9.55 Å². The quantitative estimate of drug-likeness (QED) is 0.569. The van der Waals surface area contributed by atoms with Crippen LogP contribution in [0.1, 0.15) is 58.8 Å². The minimum Gasteiger partial charge on any atom is -0.473 e. The molecule has 0 spiro atoms. The summed E-state index contributed by atoms with van der Waals surface area (Å²) in [7, 11) is 2.14. The molecule has 1 saturated carbocycles. The Morgan fingerprint density at radius 2 is 2.00 bits per heavy atom. The van der Waals surface area contributed by atoms with Crippen LogP contribution >= 0.6 is 0 Å². The number of ketones is 1. The number of carbonyl (C=O) groups is 1. The first kappa shape index (κ1) is 19.1. The van der Waals surface area contributed by atoms with Crippen molar-refractivity contribution in [2.24, 2.45) is 5.92 Å². The highest BCUT2D eigenvalue weighted by Gasteiger charge is 2.31. The summed E-state index contributed by atoms with van der Waals surface area (Å²) >= 11 is 0. The van der Waals surface area contributed by atoms with Crippen LogP contribution < -0.4 is 4.74 Å². The van der Waals surface area contributed by atoms with E-state index in [-0.39, 0.29) is 24.1 Å². The number of ether oxygens (including phenoxy) is 1. The summed E-state index contributed by atoms with van der Waals surface area (Å²) in [5, 5.41) is 0. The van der Waals surface area contributed by atoms with Gasteiger partial charge in [0.15, 0.2) is 13.8 Å². The fourth-order valence-electron chi connectivity index (χ4n) is 3.88. The van der Waals surface area contributed by atoms with Crippen LogP contribution in [-0.2, 0) is 6.61 Å². The van der Waals surface area contributed by atoms with Gasteiger partial charge in [-0.15, -0.1) is 0 Å². The molecule has 0 radical (unpaired) electrons. The van der Waals surface area contributed by atoms with Gasteiger partial charge in [-0.3, -0.25) is 4.79 Å². The molecule has 0 N–H and O–H groups in total. The van der Waals surface area contributed by atoms with E-state index in [9.17, 15) is 9.18 Å². The molecule has 0 bridgehead atoms. The molecular formula is C22H26BFN2O2. The average molecular weight is 380 g/mol. The largest absolute Gasteiger partial charge is 0.473 e. The minimum absolute atomic E-state index is 0.0661. The standard InChI is InChI=1S/C22H26BFN2O2/c1-14-11-17(19(24)12-18(14)22(27)16-5-6-16)13-28-21-4-2-3-20(25-21)15-7-9-26(23)10-8-15/h2-4,11-12,15-16H,5-10,13,23H2,1H3. The second-order valence-corrected chi connectivity index (χ2v) is 8.16. The third-order valence-electron chi connectivity index (χ3n) is 5.86. The third-order valence-corrected chi connectivity index (χ3v) is 5.86. The molecule has 2 fully saturated rings. The molecule has 2 aliphatic rings. The summed E-state index contributed by atoms with van der Waals surface area (Å²) in [4.78, 5) is 19.2. The molecule has 28 heavy (non-hydrogen) atoms. The molecule has 0 unspecified atom stereocenters. The van der Waals surface area contributed by atoms with Crippen LogP contribution in [0.5, 0.6) is 5.88 Å². The third kappa shape index (κ3) is 4.27. The lowest BCUT2D eigenvalue weighted by Crippen LogP contribution is -2.30. The number of hydrogen-bond acceptors (Lipinski definition) is 4. The highest BCUT2D eigenvalue weighted by Crippen LogP contribution is 2.34. The zero-order valence-electron chi connectivity index (χ0n) is 16.6. The van der Waals surface area contributed by atoms with Crippen molar-refractivity contribution in [2.75, 3.05) is 13.1 Å². The average Bonchev–Trinajstić information content (AvgIpc) is 3.54. The Balaban J connectivity index is 1.43. The summed E-state index contributed by atoms with van der Waals surface area (Å²) in [6.07, 6.45) is 4.03. The Morgan fingerprint density at radius 3 is 2.71 bits per heavy atom. The van der Waals surface area contributed by atoms with E-state index in [0.717, 1.165) is 50.0 Å². The van der Waals surface area contributed by atoms with Crippen molar-refractivity contribution in [3.05, 3.63) is 58.5 Å². The van der Waals surface area contributed by atoms with Gasteiger partial charge in [0.05, 0.1) is 0 Å². The topological polar surface area (TPSA) is 42.4 Å². The van der Waals surface area contributed by atoms with Crippen LogP contribution in [0.25, 0.3) is 0 Å². The van der Waals surface area contributed by atoms with Crippen molar-refractivity contribution in [3.8, 4) is 5.88 Å². The van der Waals surface area contributed by atoms with Gasteiger partial charge in [0.2, 0.25) is 5.88 Å². The first-order valence-corrected chi connectivity index (χ1v) is 10.1. The van der Waals surface area contributed by atoms with Crippen LogP contribution in [0.4, 0.5) is 4.39 Å². The monoisotopic (exact) mass is 380 g/mol. The predicted octanol–water partition coefficient (Wildman–Crippen LogP) is 3.43. The fraction of sp³-hybridized carbons (Fsp3) is 0.455. The van der Waals surface area contributed by atoms with Gasteiger partial charge in [0.25, 0.3) is 0 Å². The van der Waals surface area contributed by atoms with Gasteiger partial charge in [0.1, 0.15) is 12.4 Å². The van der Waals surface area contributed by atoms with Gasteiger partial charge in [-0.1, -0.05) is 6.07 Å². The molecule has 1 aromatic heterocycles. The van der Waals surface area contributed by atoms with Crippen LogP contribution in [0.2, 0.25) is 0 Å². The highest BCUT2D eigenvalue weighted by molar-refractivity contribution is 6.04. The Labute approximate surface area is 166 Å². The lowest BCUT2D eigenvalue weighted by molar-refractivity contribution is 0.0966. The Kier molecular flexibility index (Phi) is 5.49. The molecule has 1 saturated heterocycles. The maximum Gasteiger partial charge on any atom is 0.213 e. The molecule has 4 nitrogen and oxygen atoms in total. The number of aromatic nitrogens is 1. The maximum atomic E-state index is 14.5. The first-order chi connectivity index (χ1) is 13.5. The van der Waals surface area contributed by atoms with Gasteiger partial charge in [-0.05, 0) is 69.5 Å². The Bertz CT molecular complexity index is 877. The van der Waals surface area contributed by atoms with E-state index in [4.69, 9.17) is 4.74 Å². The second kappa shape index (κ2) is 8.04. The van der Waals surface area contributed by atoms with E-state index in [2.05, 4.69) is 17.8 Å². The summed E-state index contributed by atoms with van der Waals surface area (Å²) < 4.78 is 20.3. The van der Waals surface area contributed by atoms with E-state index < -0.39 is 0 Å². The number of benzene rings is 1. The number of Topliss-reactive ketones (excluding diaryl/α,β-unsaturated/α-hetero) is 1. The number of pyridine rings is 1. The molecule has 6 heteroatoms. The summed E-state index contributed by atoms with van der Waals surface area (Å²) in [6.45, 7) is 4.12. The summed E-state index contributed by atoms with van der Waals surface area (Å²) in [5.41, 5.74) is 2.82. The molecule has 4 rings (SSSR count). The first-order valence-electron chi connectivity index (χ1n) is 10.1. The molecule has 146 valence electrons. The van der Waals surface area contributed by atoms with E-state index in [1.165, 1.54) is 6.07 Å². The SMILES string of the molecule is BN1CCC(c2cccc(OCc3cc(C)c(C(=O)C4CC4)cc3F)n2)CC1. The Morgan fingerprint density at radius 1 is 1.25 bits per heavy atom.